The first-order valence-electron chi connectivity index (χ1n) is 6.13. The van der Waals surface area contributed by atoms with E-state index in [1.165, 1.54) is 0 Å². The van der Waals surface area contributed by atoms with Gasteiger partial charge in [-0.05, 0) is 18.1 Å². The van der Waals surface area contributed by atoms with E-state index in [9.17, 15) is 18.4 Å². The molecule has 21 heavy (non-hydrogen) atoms. The number of anilines is 1. The number of nitrogens with zero attached hydrogens (tertiary/aromatic N) is 1. The third-order valence-corrected chi connectivity index (χ3v) is 2.90. The molecule has 0 saturated heterocycles. The fourth-order valence-electron chi connectivity index (χ4n) is 1.67. The minimum absolute atomic E-state index is 0.00899. The van der Waals surface area contributed by atoms with E-state index in [0.29, 0.717) is 0 Å². The summed E-state index contributed by atoms with van der Waals surface area (Å²) in [6.45, 7) is 3.19. The second-order valence-electron chi connectivity index (χ2n) is 4.84. The van der Waals surface area contributed by atoms with Crippen molar-refractivity contribution in [2.45, 2.75) is 13.8 Å². The number of halogens is 3. The maximum absolute atomic E-state index is 13.6. The van der Waals surface area contributed by atoms with Crippen molar-refractivity contribution < 1.29 is 23.5 Å². The van der Waals surface area contributed by atoms with Crippen LogP contribution in [0.25, 0.3) is 0 Å². The molecule has 0 unspecified atom stereocenters. The van der Waals surface area contributed by atoms with Crippen LogP contribution in [-0.2, 0) is 4.79 Å². The van der Waals surface area contributed by atoms with Gasteiger partial charge in [-0.1, -0.05) is 29.8 Å². The Labute approximate surface area is 129 Å². The number of aliphatic carboxylic acids is 1. The molecule has 5 nitrogen and oxygen atoms in total. The maximum atomic E-state index is 13.6. The van der Waals surface area contributed by atoms with E-state index >= 15 is 0 Å². The molecule has 1 aromatic rings. The van der Waals surface area contributed by atoms with Gasteiger partial charge >= 0.3 is 12.0 Å². The molecule has 0 bridgehead atoms. The minimum atomic E-state index is -1.21. The van der Waals surface area contributed by atoms with Gasteiger partial charge in [-0.3, -0.25) is 4.79 Å². The van der Waals surface area contributed by atoms with Crippen LogP contribution in [0.5, 0.6) is 0 Å². The van der Waals surface area contributed by atoms with Crippen LogP contribution in [0.2, 0.25) is 0 Å². The number of urea groups is 1. The number of carboxylic acids is 1. The molecule has 0 aliphatic heterocycles. The van der Waals surface area contributed by atoms with Crippen molar-refractivity contribution in [3.8, 4) is 0 Å². The molecule has 0 spiro atoms. The summed E-state index contributed by atoms with van der Waals surface area (Å²) in [6.07, 6.45) is 0. The molecule has 0 saturated carbocycles. The topological polar surface area (TPSA) is 69.6 Å². The lowest BCUT2D eigenvalue weighted by molar-refractivity contribution is -0.137. The Morgan fingerprint density at radius 1 is 1.33 bits per heavy atom. The van der Waals surface area contributed by atoms with E-state index in [0.717, 1.165) is 17.0 Å². The first-order chi connectivity index (χ1) is 9.70. The lowest BCUT2D eigenvalue weighted by Crippen LogP contribution is -2.41. The molecule has 0 atom stereocenters. The molecule has 1 rings (SSSR count). The number of nitrogens with one attached hydrogen (secondary N) is 1. The minimum Gasteiger partial charge on any atom is -0.480 e. The van der Waals surface area contributed by atoms with Crippen LogP contribution in [-0.4, -0.2) is 35.1 Å². The van der Waals surface area contributed by atoms with E-state index in [4.69, 9.17) is 5.11 Å². The van der Waals surface area contributed by atoms with E-state index in [-0.39, 0.29) is 16.9 Å². The zero-order valence-corrected chi connectivity index (χ0v) is 13.1. The first kappa shape index (κ1) is 17.4. The van der Waals surface area contributed by atoms with Crippen LogP contribution >= 0.6 is 15.9 Å². The van der Waals surface area contributed by atoms with E-state index in [2.05, 4.69) is 21.2 Å². The molecule has 2 N–H and O–H groups in total. The largest absolute Gasteiger partial charge is 0.480 e. The molecular formula is C13H15BrF2N2O3. The second-order valence-corrected chi connectivity index (χ2v) is 5.76. The highest BCUT2D eigenvalue weighted by Gasteiger charge is 2.21. The van der Waals surface area contributed by atoms with Gasteiger partial charge in [0.15, 0.2) is 11.6 Å². The Morgan fingerprint density at radius 3 is 2.29 bits per heavy atom. The van der Waals surface area contributed by atoms with Gasteiger partial charge in [0.05, 0.1) is 0 Å². The van der Waals surface area contributed by atoms with Gasteiger partial charge in [0.1, 0.15) is 12.2 Å². The summed E-state index contributed by atoms with van der Waals surface area (Å²) in [5, 5.41) is 10.9. The van der Waals surface area contributed by atoms with Crippen molar-refractivity contribution in [2.24, 2.45) is 5.92 Å². The first-order valence-corrected chi connectivity index (χ1v) is 6.92. The number of hydrogen-bond acceptors (Lipinski definition) is 2. The van der Waals surface area contributed by atoms with E-state index in [1.54, 1.807) is 13.8 Å². The number of amides is 2. The molecule has 0 fully saturated rings. The summed E-state index contributed by atoms with van der Waals surface area (Å²) in [4.78, 5) is 23.7. The fraction of sp³-hybridized carbons (Fsp3) is 0.385. The molecule has 0 heterocycles. The zero-order chi connectivity index (χ0) is 16.2. The van der Waals surface area contributed by atoms with Crippen LogP contribution in [0.3, 0.4) is 0 Å². The van der Waals surface area contributed by atoms with Gasteiger partial charge < -0.3 is 15.3 Å². The van der Waals surface area contributed by atoms with Gasteiger partial charge in [0, 0.05) is 11.0 Å². The standard InChI is InChI=1S/C13H15BrF2N2O3/c1-7(2)5-18(6-11(19)20)13(21)17-12-9(15)3-8(14)4-10(12)16/h3-4,7H,5-6H2,1-2H3,(H,17,21)(H,19,20). The Hall–Kier alpha value is -1.70. The fourth-order valence-corrected chi connectivity index (χ4v) is 2.07. The molecule has 0 aliphatic rings. The number of hydrogen-bond donors (Lipinski definition) is 2. The van der Waals surface area contributed by atoms with Crippen LogP contribution in [0.15, 0.2) is 16.6 Å². The Kier molecular flexibility index (Phi) is 6.07. The average Bonchev–Trinajstić information content (AvgIpc) is 2.31. The Bertz CT molecular complexity index is 529. The van der Waals surface area contributed by atoms with Crippen molar-refractivity contribution in [3.05, 3.63) is 28.2 Å². The van der Waals surface area contributed by atoms with Crippen molar-refractivity contribution in [1.29, 1.82) is 0 Å². The number of carbonyl (C=O) groups is 2. The summed E-state index contributed by atoms with van der Waals surface area (Å²) in [5.41, 5.74) is -0.609. The van der Waals surface area contributed by atoms with E-state index in [1.807, 2.05) is 0 Å². The molecule has 0 aromatic heterocycles. The summed E-state index contributed by atoms with van der Waals surface area (Å²) in [7, 11) is 0. The number of benzene rings is 1. The van der Waals surface area contributed by atoms with Gasteiger partial charge in [0.25, 0.3) is 0 Å². The monoisotopic (exact) mass is 364 g/mol. The summed E-state index contributed by atoms with van der Waals surface area (Å²) in [6, 6.07) is 1.14. The SMILES string of the molecule is CC(C)CN(CC(=O)O)C(=O)Nc1c(F)cc(Br)cc1F. The highest BCUT2D eigenvalue weighted by Crippen LogP contribution is 2.24. The molecule has 1 aromatic carbocycles. The summed E-state index contributed by atoms with van der Waals surface area (Å²) >= 11 is 2.93. The van der Waals surface area contributed by atoms with Gasteiger partial charge in [-0.2, -0.15) is 0 Å². The molecule has 116 valence electrons. The molecular weight excluding hydrogens is 350 g/mol. The molecule has 8 heteroatoms. The Balaban J connectivity index is 2.93. The third-order valence-electron chi connectivity index (χ3n) is 2.44. The summed E-state index contributed by atoms with van der Waals surface area (Å²) in [5.74, 6) is -3.10. The highest BCUT2D eigenvalue weighted by atomic mass is 79.9. The zero-order valence-electron chi connectivity index (χ0n) is 11.5. The number of carboxylic acid groups (broad SMARTS) is 1. The van der Waals surface area contributed by atoms with E-state index < -0.39 is 35.9 Å². The van der Waals surface area contributed by atoms with Crippen molar-refractivity contribution >= 4 is 33.6 Å². The lowest BCUT2D eigenvalue weighted by atomic mass is 10.2. The highest BCUT2D eigenvalue weighted by molar-refractivity contribution is 9.10. The van der Waals surface area contributed by atoms with Gasteiger partial charge in [-0.15, -0.1) is 0 Å². The Morgan fingerprint density at radius 2 is 1.86 bits per heavy atom. The lowest BCUT2D eigenvalue weighted by Gasteiger charge is -2.23. The van der Waals surface area contributed by atoms with Gasteiger partial charge in [-0.25, -0.2) is 13.6 Å². The van der Waals surface area contributed by atoms with Crippen molar-refractivity contribution in [2.75, 3.05) is 18.4 Å². The second kappa shape index (κ2) is 7.35. The molecule has 0 radical (unpaired) electrons. The number of rotatable bonds is 5. The quantitative estimate of drug-likeness (QED) is 0.841. The predicted molar refractivity (Wildman–Crippen MR) is 77.1 cm³/mol. The molecule has 2 amide bonds. The smallest absolute Gasteiger partial charge is 0.323 e. The summed E-state index contributed by atoms with van der Waals surface area (Å²) < 4.78 is 27.5. The normalized spacial score (nSPS) is 10.6. The van der Waals surface area contributed by atoms with Crippen LogP contribution in [0.4, 0.5) is 19.3 Å². The third kappa shape index (κ3) is 5.30. The van der Waals surface area contributed by atoms with Crippen molar-refractivity contribution in [1.82, 2.24) is 4.90 Å². The van der Waals surface area contributed by atoms with Crippen molar-refractivity contribution in [3.63, 3.8) is 0 Å². The van der Waals surface area contributed by atoms with Crippen LogP contribution < -0.4 is 5.32 Å². The maximum Gasteiger partial charge on any atom is 0.323 e. The average molecular weight is 365 g/mol. The predicted octanol–water partition coefficient (Wildman–Crippen LogP) is 3.30. The molecule has 0 aliphatic carbocycles. The van der Waals surface area contributed by atoms with Crippen LogP contribution in [0, 0.1) is 17.6 Å². The van der Waals surface area contributed by atoms with Crippen LogP contribution in [0.1, 0.15) is 13.8 Å². The number of carbonyl (C=O) groups excluding carboxylic acids is 1. The van der Waals surface area contributed by atoms with Gasteiger partial charge in [0.2, 0.25) is 0 Å².